The summed E-state index contributed by atoms with van der Waals surface area (Å²) in [5.41, 5.74) is 2.26. The lowest BCUT2D eigenvalue weighted by Gasteiger charge is -2.28. The van der Waals surface area contributed by atoms with E-state index in [1.54, 1.807) is 6.08 Å². The van der Waals surface area contributed by atoms with E-state index < -0.39 is 12.0 Å². The minimum Gasteiger partial charge on any atom is -0.478 e. The third-order valence-corrected chi connectivity index (χ3v) is 8.15. The number of benzene rings is 1. The van der Waals surface area contributed by atoms with Crippen molar-refractivity contribution in [3.63, 3.8) is 0 Å². The molecule has 6 heteroatoms. The number of carboxylic acid groups (broad SMARTS) is 1. The summed E-state index contributed by atoms with van der Waals surface area (Å²) in [6.07, 6.45) is 14.0. The summed E-state index contributed by atoms with van der Waals surface area (Å²) in [7, 11) is 0. The van der Waals surface area contributed by atoms with E-state index >= 15 is 0 Å². The van der Waals surface area contributed by atoms with E-state index in [0.29, 0.717) is 0 Å². The molecule has 0 unspecified atom stereocenters. The summed E-state index contributed by atoms with van der Waals surface area (Å²) < 4.78 is 0. The Morgan fingerprint density at radius 3 is 2.15 bits per heavy atom. The minimum atomic E-state index is -2.42. The van der Waals surface area contributed by atoms with Crippen LogP contribution >= 0.6 is 33.2 Å². The molecule has 0 heterocycles. The Kier molecular flexibility index (Phi) is 9.71. The number of carboxylic acids is 1. The Morgan fingerprint density at radius 1 is 1.00 bits per heavy atom. The molecule has 0 spiro atoms. The molecule has 0 atom stereocenters. The molecule has 0 bridgehead atoms. The molecule has 27 heavy (non-hydrogen) atoms. The maximum atomic E-state index is 10.6. The fraction of sp³-hybridized carbons (Fsp3) is 0.571. The zero-order valence-electron chi connectivity index (χ0n) is 15.7. The second-order valence-corrected chi connectivity index (χ2v) is 17.0. The monoisotopic (exact) mass is 446 g/mol. The number of aryl methyl sites for hydroxylation is 1. The van der Waals surface area contributed by atoms with Crippen LogP contribution in [0.3, 0.4) is 0 Å². The van der Waals surface area contributed by atoms with Gasteiger partial charge in [0.2, 0.25) is 0 Å². The number of halogens is 3. The van der Waals surface area contributed by atoms with Crippen molar-refractivity contribution in [2.45, 2.75) is 63.8 Å². The number of rotatable bonds is 10. The van der Waals surface area contributed by atoms with E-state index in [2.05, 4.69) is 12.1 Å². The standard InChI is InChI=1S/C21H29Cl3O2Si/c22-27(23,24)16-2-1-3-17-4-6-18(7-5-17)8-9-19-10-12-20(13-11-19)14-15-21(25)26/h10-15,17-18H,1-9,16H2,(H,25,26)/b15-14+. The molecule has 1 aliphatic rings. The Morgan fingerprint density at radius 2 is 1.59 bits per heavy atom. The molecule has 1 aromatic carbocycles. The minimum absolute atomic E-state index is 0.790. The second kappa shape index (κ2) is 11.5. The summed E-state index contributed by atoms with van der Waals surface area (Å²) in [6.45, 7) is 0. The van der Waals surface area contributed by atoms with E-state index in [-0.39, 0.29) is 0 Å². The number of unbranched alkanes of at least 4 members (excludes halogenated alkanes) is 1. The van der Waals surface area contributed by atoms with Gasteiger partial charge in [-0.2, -0.15) is 0 Å². The van der Waals surface area contributed by atoms with E-state index in [9.17, 15) is 4.79 Å². The van der Waals surface area contributed by atoms with E-state index in [0.717, 1.165) is 36.3 Å². The first-order chi connectivity index (χ1) is 12.8. The summed E-state index contributed by atoms with van der Waals surface area (Å²) >= 11 is 17.8. The number of aliphatic carboxylic acids is 1. The molecule has 0 aliphatic heterocycles. The lowest BCUT2D eigenvalue weighted by atomic mass is 9.78. The maximum absolute atomic E-state index is 10.6. The summed E-state index contributed by atoms with van der Waals surface area (Å²) in [5.74, 6) is 0.779. The first-order valence-corrected chi connectivity index (χ1v) is 15.1. The fourth-order valence-electron chi connectivity index (χ4n) is 3.90. The van der Waals surface area contributed by atoms with Crippen molar-refractivity contribution in [1.29, 1.82) is 0 Å². The average molecular weight is 448 g/mol. The SMILES string of the molecule is O=C(O)/C=C/c1ccc(CCC2CCC(CCCC[Si](Cl)(Cl)Cl)CC2)cc1. The van der Waals surface area contributed by atoms with E-state index in [1.807, 2.05) is 12.1 Å². The molecule has 1 aromatic rings. The Balaban J connectivity index is 1.62. The van der Waals surface area contributed by atoms with Crippen molar-refractivity contribution in [2.75, 3.05) is 0 Å². The van der Waals surface area contributed by atoms with Crippen LogP contribution in [0.1, 0.15) is 62.5 Å². The van der Waals surface area contributed by atoms with Gasteiger partial charge < -0.3 is 5.11 Å². The van der Waals surface area contributed by atoms with Crippen molar-refractivity contribution >= 4 is 51.3 Å². The van der Waals surface area contributed by atoms with Gasteiger partial charge in [-0.3, -0.25) is 0 Å². The topological polar surface area (TPSA) is 37.3 Å². The molecule has 1 N–H and O–H groups in total. The van der Waals surface area contributed by atoms with Gasteiger partial charge in [0.05, 0.1) is 0 Å². The van der Waals surface area contributed by atoms with Crippen LogP contribution in [0.15, 0.2) is 30.3 Å². The lowest BCUT2D eigenvalue weighted by Crippen LogP contribution is -2.15. The van der Waals surface area contributed by atoms with Crippen LogP contribution in [0.2, 0.25) is 6.04 Å². The third-order valence-electron chi connectivity index (χ3n) is 5.53. The number of carbonyl (C=O) groups is 1. The molecule has 0 radical (unpaired) electrons. The quantitative estimate of drug-likeness (QED) is 0.176. The zero-order valence-corrected chi connectivity index (χ0v) is 18.9. The molecule has 0 aromatic heterocycles. The second-order valence-electron chi connectivity index (χ2n) is 7.70. The molecule has 0 saturated heterocycles. The van der Waals surface area contributed by atoms with E-state index in [1.165, 1.54) is 56.6 Å². The summed E-state index contributed by atoms with van der Waals surface area (Å²) in [6, 6.07) is 6.57. The largest absolute Gasteiger partial charge is 0.478 e. The van der Waals surface area contributed by atoms with Gasteiger partial charge >= 0.3 is 12.0 Å². The summed E-state index contributed by atoms with van der Waals surface area (Å²) in [4.78, 5) is 10.6. The van der Waals surface area contributed by atoms with Gasteiger partial charge in [-0.25, -0.2) is 4.79 Å². The van der Waals surface area contributed by atoms with Gasteiger partial charge in [-0.05, 0) is 47.9 Å². The third kappa shape index (κ3) is 10.0. The molecule has 2 rings (SSSR count). The Hall–Kier alpha value is -0.483. The molecule has 0 amide bonds. The van der Waals surface area contributed by atoms with Gasteiger partial charge in [0.1, 0.15) is 0 Å². The predicted molar refractivity (Wildman–Crippen MR) is 119 cm³/mol. The molecule has 1 saturated carbocycles. The number of hydrogen-bond donors (Lipinski definition) is 1. The van der Waals surface area contributed by atoms with Gasteiger partial charge in [0, 0.05) is 6.08 Å². The molecule has 1 aliphatic carbocycles. The maximum Gasteiger partial charge on any atom is 0.341 e. The Labute approximate surface area is 178 Å². The molecule has 2 nitrogen and oxygen atoms in total. The predicted octanol–water partition coefficient (Wildman–Crippen LogP) is 7.35. The van der Waals surface area contributed by atoms with Crippen LogP contribution < -0.4 is 0 Å². The van der Waals surface area contributed by atoms with Crippen molar-refractivity contribution < 1.29 is 9.90 Å². The smallest absolute Gasteiger partial charge is 0.341 e. The number of hydrogen-bond acceptors (Lipinski definition) is 1. The zero-order chi connectivity index (χ0) is 19.7. The first kappa shape index (κ1) is 22.8. The molecule has 1 fully saturated rings. The van der Waals surface area contributed by atoms with Crippen LogP contribution in [0.25, 0.3) is 6.08 Å². The van der Waals surface area contributed by atoms with E-state index in [4.69, 9.17) is 38.3 Å². The van der Waals surface area contributed by atoms with Gasteiger partial charge in [0.25, 0.3) is 0 Å². The van der Waals surface area contributed by atoms with Gasteiger partial charge in [-0.1, -0.05) is 69.2 Å². The Bertz CT molecular complexity index is 603. The van der Waals surface area contributed by atoms with Gasteiger partial charge in [-0.15, -0.1) is 33.2 Å². The fourth-order valence-corrected chi connectivity index (χ4v) is 5.75. The molecular formula is C21H29Cl3O2Si. The molecular weight excluding hydrogens is 419 g/mol. The highest BCUT2D eigenvalue weighted by Crippen LogP contribution is 2.35. The van der Waals surface area contributed by atoms with Crippen LogP contribution in [0.4, 0.5) is 0 Å². The van der Waals surface area contributed by atoms with Crippen LogP contribution in [-0.4, -0.2) is 17.1 Å². The average Bonchev–Trinajstić information content (AvgIpc) is 2.63. The van der Waals surface area contributed by atoms with Gasteiger partial charge in [0.15, 0.2) is 0 Å². The summed E-state index contributed by atoms with van der Waals surface area (Å²) in [5, 5.41) is 8.67. The highest BCUT2D eigenvalue weighted by molar-refractivity contribution is 7.64. The van der Waals surface area contributed by atoms with Crippen molar-refractivity contribution in [1.82, 2.24) is 0 Å². The molecule has 150 valence electrons. The van der Waals surface area contributed by atoms with Crippen molar-refractivity contribution in [3.05, 3.63) is 41.5 Å². The van der Waals surface area contributed by atoms with Crippen molar-refractivity contribution in [2.24, 2.45) is 11.8 Å². The highest BCUT2D eigenvalue weighted by atomic mass is 35.8. The van der Waals surface area contributed by atoms with Crippen LogP contribution in [0.5, 0.6) is 0 Å². The van der Waals surface area contributed by atoms with Crippen molar-refractivity contribution in [3.8, 4) is 0 Å². The normalized spacial score (nSPS) is 20.9. The van der Waals surface area contributed by atoms with Crippen LogP contribution in [0, 0.1) is 11.8 Å². The lowest BCUT2D eigenvalue weighted by molar-refractivity contribution is -0.131. The highest BCUT2D eigenvalue weighted by Gasteiger charge is 2.25. The first-order valence-electron chi connectivity index (χ1n) is 9.88. The van der Waals surface area contributed by atoms with Crippen LogP contribution in [-0.2, 0) is 11.2 Å².